The van der Waals surface area contributed by atoms with Crippen LogP contribution in [0.15, 0.2) is 60.8 Å². The van der Waals surface area contributed by atoms with Crippen LogP contribution in [0.4, 0.5) is 5.69 Å². The van der Waals surface area contributed by atoms with Crippen LogP contribution in [0.25, 0.3) is 0 Å². The molecular formula is C26H28N4O4. The first-order valence-electron chi connectivity index (χ1n) is 11.5. The SMILES string of the molecule is Nc1ccc(Oc2ccc(CCC(=O)N3CCN(Cc4ccc5c(c4)OCO5)CC3)cc2)nc1. The molecule has 2 aromatic carbocycles. The molecule has 0 spiro atoms. The van der Waals surface area contributed by atoms with E-state index in [-0.39, 0.29) is 5.91 Å². The number of rotatable bonds is 7. The molecule has 0 aliphatic carbocycles. The van der Waals surface area contributed by atoms with Crippen LogP contribution in [0, 0.1) is 0 Å². The Kier molecular flexibility index (Phi) is 6.49. The number of piperazine rings is 1. The van der Waals surface area contributed by atoms with Gasteiger partial charge in [-0.1, -0.05) is 18.2 Å². The van der Waals surface area contributed by atoms with Gasteiger partial charge in [0, 0.05) is 45.2 Å². The molecule has 1 amide bonds. The standard InChI is InChI=1S/C26H28N4O4/c27-21-5-9-25(28-16-21)34-22-6-1-19(2-7-22)4-10-26(31)30-13-11-29(12-14-30)17-20-3-8-23-24(15-20)33-18-32-23/h1-3,5-9,15-16H,4,10-14,17-18,27H2. The zero-order valence-electron chi connectivity index (χ0n) is 19.0. The lowest BCUT2D eigenvalue weighted by Crippen LogP contribution is -2.48. The van der Waals surface area contributed by atoms with Crippen LogP contribution in [0.2, 0.25) is 0 Å². The van der Waals surface area contributed by atoms with Gasteiger partial charge in [0.25, 0.3) is 0 Å². The van der Waals surface area contributed by atoms with Gasteiger partial charge in [0.2, 0.25) is 18.6 Å². The quantitative estimate of drug-likeness (QED) is 0.577. The molecule has 3 heterocycles. The molecule has 0 saturated carbocycles. The predicted molar refractivity (Wildman–Crippen MR) is 128 cm³/mol. The fraction of sp³-hybridized carbons (Fsp3) is 0.308. The summed E-state index contributed by atoms with van der Waals surface area (Å²) in [6, 6.07) is 17.3. The summed E-state index contributed by atoms with van der Waals surface area (Å²) in [6.07, 6.45) is 2.77. The number of pyridine rings is 1. The van der Waals surface area contributed by atoms with Gasteiger partial charge < -0.3 is 24.8 Å². The van der Waals surface area contributed by atoms with Gasteiger partial charge in [0.15, 0.2) is 11.5 Å². The third-order valence-electron chi connectivity index (χ3n) is 6.10. The number of nitrogen functional groups attached to an aromatic ring is 1. The minimum atomic E-state index is 0.203. The zero-order chi connectivity index (χ0) is 23.3. The Morgan fingerprint density at radius 1 is 0.941 bits per heavy atom. The van der Waals surface area contributed by atoms with E-state index >= 15 is 0 Å². The number of ether oxygens (including phenoxy) is 3. The largest absolute Gasteiger partial charge is 0.454 e. The van der Waals surface area contributed by atoms with Gasteiger partial charge in [-0.2, -0.15) is 0 Å². The van der Waals surface area contributed by atoms with Crippen molar-refractivity contribution in [2.24, 2.45) is 0 Å². The number of aryl methyl sites for hydroxylation is 1. The first kappa shape index (κ1) is 22.0. The Bertz CT molecular complexity index is 1130. The maximum Gasteiger partial charge on any atom is 0.231 e. The third kappa shape index (κ3) is 5.40. The average molecular weight is 461 g/mol. The van der Waals surface area contributed by atoms with Crippen molar-refractivity contribution >= 4 is 11.6 Å². The molecule has 2 aliphatic heterocycles. The predicted octanol–water partition coefficient (Wildman–Crippen LogP) is 3.46. The lowest BCUT2D eigenvalue weighted by Gasteiger charge is -2.34. The van der Waals surface area contributed by atoms with Crippen molar-refractivity contribution in [2.75, 3.05) is 38.7 Å². The number of carbonyl (C=O) groups is 1. The molecule has 2 N–H and O–H groups in total. The molecule has 176 valence electrons. The van der Waals surface area contributed by atoms with Crippen molar-refractivity contribution in [1.82, 2.24) is 14.8 Å². The lowest BCUT2D eigenvalue weighted by molar-refractivity contribution is -0.133. The van der Waals surface area contributed by atoms with E-state index in [9.17, 15) is 4.79 Å². The second-order valence-electron chi connectivity index (χ2n) is 8.52. The first-order chi connectivity index (χ1) is 16.6. The number of carbonyl (C=O) groups excluding carboxylic acids is 1. The summed E-state index contributed by atoms with van der Waals surface area (Å²) in [5.41, 5.74) is 8.54. The van der Waals surface area contributed by atoms with E-state index < -0.39 is 0 Å². The lowest BCUT2D eigenvalue weighted by atomic mass is 10.1. The highest BCUT2D eigenvalue weighted by molar-refractivity contribution is 5.76. The van der Waals surface area contributed by atoms with Crippen LogP contribution in [0.1, 0.15) is 17.5 Å². The number of amides is 1. The van der Waals surface area contributed by atoms with E-state index in [1.54, 1.807) is 18.3 Å². The molecule has 0 bridgehead atoms. The van der Waals surface area contributed by atoms with Crippen molar-refractivity contribution < 1.29 is 19.0 Å². The highest BCUT2D eigenvalue weighted by Gasteiger charge is 2.22. The number of aromatic nitrogens is 1. The van der Waals surface area contributed by atoms with Crippen molar-refractivity contribution in [3.8, 4) is 23.1 Å². The number of fused-ring (bicyclic) bond motifs is 1. The number of hydrogen-bond donors (Lipinski definition) is 1. The van der Waals surface area contributed by atoms with Gasteiger partial charge >= 0.3 is 0 Å². The summed E-state index contributed by atoms with van der Waals surface area (Å²) in [5.74, 6) is 3.02. The Labute approximate surface area is 198 Å². The number of nitrogens with two attached hydrogens (primary N) is 1. The molecule has 5 rings (SSSR count). The minimum absolute atomic E-state index is 0.203. The molecule has 3 aromatic rings. The maximum atomic E-state index is 12.7. The Morgan fingerprint density at radius 3 is 2.47 bits per heavy atom. The van der Waals surface area contributed by atoms with E-state index in [0.29, 0.717) is 37.0 Å². The normalized spacial score (nSPS) is 15.4. The van der Waals surface area contributed by atoms with Crippen LogP contribution in [-0.4, -0.2) is 53.7 Å². The van der Waals surface area contributed by atoms with Crippen molar-refractivity contribution in [3.63, 3.8) is 0 Å². The van der Waals surface area contributed by atoms with E-state index in [1.807, 2.05) is 41.3 Å². The van der Waals surface area contributed by atoms with Crippen molar-refractivity contribution in [2.45, 2.75) is 19.4 Å². The van der Waals surface area contributed by atoms with Crippen LogP contribution in [0.5, 0.6) is 23.1 Å². The Balaban J connectivity index is 1.05. The molecule has 1 aromatic heterocycles. The fourth-order valence-corrected chi connectivity index (χ4v) is 4.16. The number of nitrogens with zero attached hydrogens (tertiary/aromatic N) is 3. The molecule has 0 radical (unpaired) electrons. The van der Waals surface area contributed by atoms with Crippen LogP contribution in [0.3, 0.4) is 0 Å². The van der Waals surface area contributed by atoms with Crippen LogP contribution < -0.4 is 19.9 Å². The third-order valence-corrected chi connectivity index (χ3v) is 6.10. The maximum absolute atomic E-state index is 12.7. The van der Waals surface area contributed by atoms with Gasteiger partial charge in [-0.05, 0) is 47.9 Å². The zero-order valence-corrected chi connectivity index (χ0v) is 19.0. The van der Waals surface area contributed by atoms with Gasteiger partial charge in [-0.15, -0.1) is 0 Å². The van der Waals surface area contributed by atoms with Gasteiger partial charge in [0.1, 0.15) is 5.75 Å². The minimum Gasteiger partial charge on any atom is -0.454 e. The molecule has 1 fully saturated rings. The monoisotopic (exact) mass is 460 g/mol. The van der Waals surface area contributed by atoms with Crippen molar-refractivity contribution in [1.29, 1.82) is 0 Å². The van der Waals surface area contributed by atoms with E-state index in [1.165, 1.54) is 5.56 Å². The van der Waals surface area contributed by atoms with E-state index in [4.69, 9.17) is 19.9 Å². The molecule has 0 unspecified atom stereocenters. The Morgan fingerprint density at radius 2 is 1.71 bits per heavy atom. The molecule has 0 atom stereocenters. The first-order valence-corrected chi connectivity index (χ1v) is 11.5. The molecule has 8 heteroatoms. The number of benzene rings is 2. The number of anilines is 1. The van der Waals surface area contributed by atoms with E-state index in [0.717, 1.165) is 49.8 Å². The summed E-state index contributed by atoms with van der Waals surface area (Å²) in [6.45, 7) is 4.38. The number of hydrogen-bond acceptors (Lipinski definition) is 7. The van der Waals surface area contributed by atoms with Crippen LogP contribution >= 0.6 is 0 Å². The summed E-state index contributed by atoms with van der Waals surface area (Å²) in [5, 5.41) is 0. The molecule has 1 saturated heterocycles. The second kappa shape index (κ2) is 10.0. The highest BCUT2D eigenvalue weighted by Crippen LogP contribution is 2.33. The summed E-state index contributed by atoms with van der Waals surface area (Å²) < 4.78 is 16.6. The summed E-state index contributed by atoms with van der Waals surface area (Å²) >= 11 is 0. The summed E-state index contributed by atoms with van der Waals surface area (Å²) in [4.78, 5) is 21.2. The van der Waals surface area contributed by atoms with Crippen molar-refractivity contribution in [3.05, 3.63) is 71.9 Å². The molecule has 2 aliphatic rings. The van der Waals surface area contributed by atoms with Gasteiger partial charge in [-0.25, -0.2) is 4.98 Å². The van der Waals surface area contributed by atoms with E-state index in [2.05, 4.69) is 16.0 Å². The smallest absolute Gasteiger partial charge is 0.231 e. The molecule has 8 nitrogen and oxygen atoms in total. The Hall–Kier alpha value is -3.78. The molecular weight excluding hydrogens is 432 g/mol. The molecule has 34 heavy (non-hydrogen) atoms. The van der Waals surface area contributed by atoms with Crippen LogP contribution in [-0.2, 0) is 17.8 Å². The summed E-state index contributed by atoms with van der Waals surface area (Å²) in [7, 11) is 0. The highest BCUT2D eigenvalue weighted by atomic mass is 16.7. The second-order valence-corrected chi connectivity index (χ2v) is 8.52. The van der Waals surface area contributed by atoms with Gasteiger partial charge in [-0.3, -0.25) is 9.69 Å². The fourth-order valence-electron chi connectivity index (χ4n) is 4.16. The average Bonchev–Trinajstić information content (AvgIpc) is 3.33. The topological polar surface area (TPSA) is 90.2 Å². The van der Waals surface area contributed by atoms with Gasteiger partial charge in [0.05, 0.1) is 11.9 Å².